The van der Waals surface area contributed by atoms with Crippen LogP contribution in [0.15, 0.2) is 18.3 Å². The Hall–Kier alpha value is -1.31. The van der Waals surface area contributed by atoms with Crippen LogP contribution in [-0.4, -0.2) is 9.55 Å². The topological polar surface area (TPSA) is 17.8 Å². The van der Waals surface area contributed by atoms with E-state index in [-0.39, 0.29) is 0 Å². The van der Waals surface area contributed by atoms with Crippen molar-refractivity contribution in [2.45, 2.75) is 47.0 Å². The molecule has 2 aromatic heterocycles. The van der Waals surface area contributed by atoms with Crippen molar-refractivity contribution < 1.29 is 0 Å². The summed E-state index contributed by atoms with van der Waals surface area (Å²) >= 11 is 0. The zero-order chi connectivity index (χ0) is 12.8. The number of nitrogens with zero attached hydrogens (tertiary/aromatic N) is 2. The van der Waals surface area contributed by atoms with E-state index in [4.69, 9.17) is 0 Å². The van der Waals surface area contributed by atoms with Crippen molar-refractivity contribution in [1.29, 1.82) is 0 Å². The van der Waals surface area contributed by atoms with E-state index in [1.54, 1.807) is 0 Å². The van der Waals surface area contributed by atoms with Gasteiger partial charge in [-0.3, -0.25) is 0 Å². The van der Waals surface area contributed by atoms with E-state index in [9.17, 15) is 0 Å². The van der Waals surface area contributed by atoms with E-state index in [2.05, 4.69) is 36.5 Å². The predicted octanol–water partition coefficient (Wildman–Crippen LogP) is 4.11. The van der Waals surface area contributed by atoms with Gasteiger partial charge in [-0.25, -0.2) is 4.98 Å². The number of pyridine rings is 1. The Morgan fingerprint density at radius 3 is 2.53 bits per heavy atom. The van der Waals surface area contributed by atoms with Gasteiger partial charge in [0.2, 0.25) is 0 Å². The largest absolute Gasteiger partial charge is 0.332 e. The van der Waals surface area contributed by atoms with Crippen LogP contribution in [0, 0.1) is 0 Å². The maximum Gasteiger partial charge on any atom is 0.140 e. The van der Waals surface area contributed by atoms with Crippen LogP contribution in [0.1, 0.15) is 45.4 Å². The van der Waals surface area contributed by atoms with Crippen molar-refractivity contribution in [3.8, 4) is 0 Å². The van der Waals surface area contributed by atoms with Crippen LogP contribution in [0.2, 0.25) is 0 Å². The molecule has 0 aromatic carbocycles. The molecule has 0 amide bonds. The molecular weight excluding hydrogens is 208 g/mol. The summed E-state index contributed by atoms with van der Waals surface area (Å²) in [5.74, 6) is 0. The van der Waals surface area contributed by atoms with Gasteiger partial charge in [-0.1, -0.05) is 34.1 Å². The molecular formula is C15H24N2. The van der Waals surface area contributed by atoms with Gasteiger partial charge in [-0.2, -0.15) is 0 Å². The normalized spacial score (nSPS) is 10.2. The molecule has 0 unspecified atom stereocenters. The summed E-state index contributed by atoms with van der Waals surface area (Å²) in [5.41, 5.74) is 4.05. The van der Waals surface area contributed by atoms with Gasteiger partial charge in [-0.05, 0) is 30.5 Å². The molecule has 2 rings (SSSR count). The monoisotopic (exact) mass is 232 g/mol. The van der Waals surface area contributed by atoms with Gasteiger partial charge in [-0.15, -0.1) is 0 Å². The van der Waals surface area contributed by atoms with Gasteiger partial charge < -0.3 is 4.57 Å². The molecule has 0 saturated carbocycles. The van der Waals surface area contributed by atoms with Gasteiger partial charge in [0, 0.05) is 24.3 Å². The van der Waals surface area contributed by atoms with Crippen LogP contribution < -0.4 is 0 Å². The standard InChI is InChI=1S/C13H18N2.C2H6/c1-4-7-10-11-8-6-9-14-13(11)15(3)12(10)5-2;1-2/h6,8-9H,4-5,7H2,1-3H3;1-2H3. The highest BCUT2D eigenvalue weighted by Crippen LogP contribution is 2.25. The first-order valence-electron chi connectivity index (χ1n) is 6.70. The highest BCUT2D eigenvalue weighted by molar-refractivity contribution is 5.82. The summed E-state index contributed by atoms with van der Waals surface area (Å²) in [4.78, 5) is 4.46. The van der Waals surface area contributed by atoms with E-state index < -0.39 is 0 Å². The predicted molar refractivity (Wildman–Crippen MR) is 75.4 cm³/mol. The Bertz CT molecular complexity index is 469. The van der Waals surface area contributed by atoms with Crippen LogP contribution in [0.3, 0.4) is 0 Å². The zero-order valence-corrected chi connectivity index (χ0v) is 11.7. The fourth-order valence-corrected chi connectivity index (χ4v) is 2.37. The molecule has 0 aliphatic rings. The number of aromatic nitrogens is 2. The van der Waals surface area contributed by atoms with Crippen molar-refractivity contribution in [1.82, 2.24) is 9.55 Å². The summed E-state index contributed by atoms with van der Waals surface area (Å²) < 4.78 is 2.24. The van der Waals surface area contributed by atoms with E-state index in [0.29, 0.717) is 0 Å². The molecule has 94 valence electrons. The van der Waals surface area contributed by atoms with Crippen molar-refractivity contribution in [3.63, 3.8) is 0 Å². The van der Waals surface area contributed by atoms with E-state index in [1.165, 1.54) is 23.1 Å². The Labute approximate surface area is 105 Å². The summed E-state index contributed by atoms with van der Waals surface area (Å²) in [6, 6.07) is 4.22. The zero-order valence-electron chi connectivity index (χ0n) is 11.7. The Balaban J connectivity index is 0.000000686. The Kier molecular flexibility index (Phi) is 5.20. The number of rotatable bonds is 3. The molecule has 0 fully saturated rings. The minimum atomic E-state index is 1.09. The molecule has 0 N–H and O–H groups in total. The van der Waals surface area contributed by atoms with Crippen molar-refractivity contribution >= 4 is 11.0 Å². The molecule has 0 aliphatic heterocycles. The third-order valence-electron chi connectivity index (χ3n) is 3.02. The number of hydrogen-bond acceptors (Lipinski definition) is 1. The fraction of sp³-hybridized carbons (Fsp3) is 0.533. The molecule has 0 radical (unpaired) electrons. The summed E-state index contributed by atoms with van der Waals surface area (Å²) in [7, 11) is 2.12. The lowest BCUT2D eigenvalue weighted by atomic mass is 10.1. The van der Waals surface area contributed by atoms with Gasteiger partial charge >= 0.3 is 0 Å². The second-order valence-corrected chi connectivity index (χ2v) is 3.96. The summed E-state index contributed by atoms with van der Waals surface area (Å²) in [6.07, 6.45) is 5.31. The van der Waals surface area contributed by atoms with Crippen LogP contribution in [0.25, 0.3) is 11.0 Å². The quantitative estimate of drug-likeness (QED) is 0.778. The lowest BCUT2D eigenvalue weighted by Crippen LogP contribution is -1.97. The second-order valence-electron chi connectivity index (χ2n) is 3.96. The average molecular weight is 232 g/mol. The highest BCUT2D eigenvalue weighted by Gasteiger charge is 2.12. The first kappa shape index (κ1) is 13.8. The molecule has 2 nitrogen and oxygen atoms in total. The minimum Gasteiger partial charge on any atom is -0.332 e. The molecule has 0 spiro atoms. The third-order valence-corrected chi connectivity index (χ3v) is 3.02. The molecule has 2 aromatic rings. The van der Waals surface area contributed by atoms with E-state index >= 15 is 0 Å². The van der Waals surface area contributed by atoms with Crippen LogP contribution >= 0.6 is 0 Å². The van der Waals surface area contributed by atoms with Gasteiger partial charge in [0.15, 0.2) is 0 Å². The number of hydrogen-bond donors (Lipinski definition) is 0. The smallest absolute Gasteiger partial charge is 0.140 e. The maximum absolute atomic E-state index is 4.46. The van der Waals surface area contributed by atoms with E-state index in [0.717, 1.165) is 18.5 Å². The molecule has 2 heterocycles. The van der Waals surface area contributed by atoms with Crippen molar-refractivity contribution in [3.05, 3.63) is 29.6 Å². The fourth-order valence-electron chi connectivity index (χ4n) is 2.37. The van der Waals surface area contributed by atoms with Gasteiger partial charge in [0.1, 0.15) is 5.65 Å². The lowest BCUT2D eigenvalue weighted by molar-refractivity contribution is 0.820. The maximum atomic E-state index is 4.46. The van der Waals surface area contributed by atoms with Gasteiger partial charge in [0.05, 0.1) is 0 Å². The number of aryl methyl sites for hydroxylation is 2. The second kappa shape index (κ2) is 6.43. The Morgan fingerprint density at radius 1 is 1.24 bits per heavy atom. The Morgan fingerprint density at radius 2 is 1.94 bits per heavy atom. The molecule has 0 bridgehead atoms. The first-order valence-corrected chi connectivity index (χ1v) is 6.70. The highest BCUT2D eigenvalue weighted by atomic mass is 15.0. The van der Waals surface area contributed by atoms with Crippen molar-refractivity contribution in [2.75, 3.05) is 0 Å². The summed E-state index contributed by atoms with van der Waals surface area (Å²) in [6.45, 7) is 8.45. The summed E-state index contributed by atoms with van der Waals surface area (Å²) in [5, 5.41) is 1.33. The van der Waals surface area contributed by atoms with Crippen LogP contribution in [0.4, 0.5) is 0 Å². The molecule has 2 heteroatoms. The SMILES string of the molecule is CC.CCCc1c(CC)n(C)c2ncccc12. The van der Waals surface area contributed by atoms with Gasteiger partial charge in [0.25, 0.3) is 0 Å². The average Bonchev–Trinajstić information content (AvgIpc) is 2.66. The molecule has 0 atom stereocenters. The van der Waals surface area contributed by atoms with E-state index in [1.807, 2.05) is 26.1 Å². The lowest BCUT2D eigenvalue weighted by Gasteiger charge is -2.03. The molecule has 0 aliphatic carbocycles. The first-order chi connectivity index (χ1) is 8.29. The van der Waals surface area contributed by atoms with Crippen LogP contribution in [-0.2, 0) is 19.9 Å². The third kappa shape index (κ3) is 2.51. The van der Waals surface area contributed by atoms with Crippen LogP contribution in [0.5, 0.6) is 0 Å². The molecule has 17 heavy (non-hydrogen) atoms. The molecule has 0 saturated heterocycles. The van der Waals surface area contributed by atoms with Crippen molar-refractivity contribution in [2.24, 2.45) is 7.05 Å². The number of fused-ring (bicyclic) bond motifs is 1. The minimum absolute atomic E-state index is 1.09.